The standard InChI is InChI=1S/C17H26ClNO3/c1-20-11-9-14-6-4-5-10-19(14)12-13-7-8-15(21-2)17(22-3)16(13)18/h7-8,14H,4-6,9-12H2,1-3H3/t14-/m0/s1. The number of benzene rings is 1. The van der Waals surface area contributed by atoms with Gasteiger partial charge in [0.05, 0.1) is 19.2 Å². The Hall–Kier alpha value is -0.970. The summed E-state index contributed by atoms with van der Waals surface area (Å²) in [5.41, 5.74) is 1.09. The van der Waals surface area contributed by atoms with Crippen LogP contribution in [0.25, 0.3) is 0 Å². The first kappa shape index (κ1) is 17.4. The van der Waals surface area contributed by atoms with E-state index < -0.39 is 0 Å². The van der Waals surface area contributed by atoms with Crippen molar-refractivity contribution in [1.82, 2.24) is 4.90 Å². The molecular weight excluding hydrogens is 302 g/mol. The molecule has 4 nitrogen and oxygen atoms in total. The summed E-state index contributed by atoms with van der Waals surface area (Å²) in [6.07, 6.45) is 4.84. The van der Waals surface area contributed by atoms with Gasteiger partial charge in [-0.3, -0.25) is 4.90 Å². The van der Waals surface area contributed by atoms with E-state index in [1.807, 2.05) is 12.1 Å². The molecule has 0 saturated carbocycles. The molecule has 1 aliphatic heterocycles. The quantitative estimate of drug-likeness (QED) is 0.763. The number of halogens is 1. The van der Waals surface area contributed by atoms with Crippen molar-refractivity contribution < 1.29 is 14.2 Å². The van der Waals surface area contributed by atoms with Crippen LogP contribution in [0.1, 0.15) is 31.2 Å². The lowest BCUT2D eigenvalue weighted by Gasteiger charge is -2.36. The zero-order chi connectivity index (χ0) is 15.9. The molecule has 1 aromatic carbocycles. The van der Waals surface area contributed by atoms with Gasteiger partial charge >= 0.3 is 0 Å². The molecule has 0 spiro atoms. The summed E-state index contributed by atoms with van der Waals surface area (Å²) < 4.78 is 15.9. The van der Waals surface area contributed by atoms with E-state index in [-0.39, 0.29) is 0 Å². The molecule has 5 heteroatoms. The van der Waals surface area contributed by atoms with Crippen molar-refractivity contribution in [2.45, 2.75) is 38.3 Å². The van der Waals surface area contributed by atoms with Crippen LogP contribution in [0, 0.1) is 0 Å². The lowest BCUT2D eigenvalue weighted by molar-refractivity contribution is 0.0973. The maximum absolute atomic E-state index is 6.51. The van der Waals surface area contributed by atoms with Gasteiger partial charge in [-0.15, -0.1) is 0 Å². The Morgan fingerprint density at radius 1 is 1.18 bits per heavy atom. The van der Waals surface area contributed by atoms with E-state index >= 15 is 0 Å². The van der Waals surface area contributed by atoms with Gasteiger partial charge in [-0.2, -0.15) is 0 Å². The minimum Gasteiger partial charge on any atom is -0.493 e. The fourth-order valence-corrected chi connectivity index (χ4v) is 3.41. The molecule has 1 atom stereocenters. The van der Waals surface area contributed by atoms with Gasteiger partial charge in [0.2, 0.25) is 0 Å². The average Bonchev–Trinajstić information content (AvgIpc) is 2.55. The van der Waals surface area contributed by atoms with Gasteiger partial charge in [0.1, 0.15) is 0 Å². The van der Waals surface area contributed by atoms with E-state index in [1.165, 1.54) is 19.3 Å². The molecule has 1 heterocycles. The summed E-state index contributed by atoms with van der Waals surface area (Å²) in [5.74, 6) is 1.29. The summed E-state index contributed by atoms with van der Waals surface area (Å²) in [6.45, 7) is 2.76. The van der Waals surface area contributed by atoms with E-state index in [0.717, 1.165) is 31.7 Å². The van der Waals surface area contributed by atoms with Crippen LogP contribution in [0.4, 0.5) is 0 Å². The van der Waals surface area contributed by atoms with Crippen LogP contribution in [0.2, 0.25) is 5.02 Å². The highest BCUT2D eigenvalue weighted by Crippen LogP contribution is 2.38. The lowest BCUT2D eigenvalue weighted by Crippen LogP contribution is -2.39. The topological polar surface area (TPSA) is 30.9 Å². The number of nitrogens with zero attached hydrogens (tertiary/aromatic N) is 1. The molecule has 124 valence electrons. The number of rotatable bonds is 7. The smallest absolute Gasteiger partial charge is 0.179 e. The number of hydrogen-bond donors (Lipinski definition) is 0. The Morgan fingerprint density at radius 3 is 2.68 bits per heavy atom. The number of likely N-dealkylation sites (tertiary alicyclic amines) is 1. The lowest BCUT2D eigenvalue weighted by atomic mass is 9.98. The van der Waals surface area contributed by atoms with Crippen LogP contribution in [0.3, 0.4) is 0 Å². The zero-order valence-corrected chi connectivity index (χ0v) is 14.5. The van der Waals surface area contributed by atoms with Crippen molar-refractivity contribution in [1.29, 1.82) is 0 Å². The SMILES string of the molecule is COCC[C@@H]1CCCCN1Cc1ccc(OC)c(OC)c1Cl. The highest BCUT2D eigenvalue weighted by atomic mass is 35.5. The van der Waals surface area contributed by atoms with Crippen LogP contribution >= 0.6 is 11.6 Å². The summed E-state index contributed by atoms with van der Waals surface area (Å²) in [6, 6.07) is 4.53. The second-order valence-corrected chi connectivity index (χ2v) is 6.05. The molecule has 2 rings (SSSR count). The van der Waals surface area contributed by atoms with Crippen LogP contribution in [0.5, 0.6) is 11.5 Å². The zero-order valence-electron chi connectivity index (χ0n) is 13.7. The second-order valence-electron chi connectivity index (χ2n) is 5.68. The number of hydrogen-bond acceptors (Lipinski definition) is 4. The summed E-state index contributed by atoms with van der Waals surface area (Å²) in [5, 5.41) is 0.651. The highest BCUT2D eigenvalue weighted by Gasteiger charge is 2.24. The van der Waals surface area contributed by atoms with Gasteiger partial charge in [0, 0.05) is 26.3 Å². The molecule has 22 heavy (non-hydrogen) atoms. The Kier molecular flexibility index (Phi) is 6.80. The van der Waals surface area contributed by atoms with Crippen molar-refractivity contribution in [2.75, 3.05) is 34.5 Å². The van der Waals surface area contributed by atoms with E-state index in [1.54, 1.807) is 21.3 Å². The summed E-state index contributed by atoms with van der Waals surface area (Å²) in [4.78, 5) is 2.51. The molecular formula is C17H26ClNO3. The Balaban J connectivity index is 2.14. The Bertz CT molecular complexity index is 481. The molecule has 0 bridgehead atoms. The van der Waals surface area contributed by atoms with Gasteiger partial charge in [0.25, 0.3) is 0 Å². The number of piperidine rings is 1. The van der Waals surface area contributed by atoms with Gasteiger partial charge < -0.3 is 14.2 Å². The Morgan fingerprint density at radius 2 is 2.00 bits per heavy atom. The van der Waals surface area contributed by atoms with Gasteiger partial charge in [-0.1, -0.05) is 24.1 Å². The molecule has 0 N–H and O–H groups in total. The molecule has 0 unspecified atom stereocenters. The normalized spacial score (nSPS) is 19.2. The van der Waals surface area contributed by atoms with Crippen molar-refractivity contribution in [3.05, 3.63) is 22.7 Å². The third kappa shape index (κ3) is 4.06. The molecule has 0 amide bonds. The minimum atomic E-state index is 0.567. The minimum absolute atomic E-state index is 0.567. The predicted octanol–water partition coefficient (Wildman–Crippen LogP) is 3.75. The van der Waals surface area contributed by atoms with E-state index in [4.69, 9.17) is 25.8 Å². The van der Waals surface area contributed by atoms with E-state index in [0.29, 0.717) is 22.6 Å². The van der Waals surface area contributed by atoms with Crippen molar-refractivity contribution >= 4 is 11.6 Å². The van der Waals surface area contributed by atoms with E-state index in [9.17, 15) is 0 Å². The molecule has 1 aliphatic rings. The predicted molar refractivity (Wildman–Crippen MR) is 89.1 cm³/mol. The summed E-state index contributed by atoms with van der Waals surface area (Å²) in [7, 11) is 5.01. The van der Waals surface area contributed by atoms with E-state index in [2.05, 4.69) is 4.90 Å². The first-order valence-electron chi connectivity index (χ1n) is 7.83. The maximum atomic E-state index is 6.51. The van der Waals surface area contributed by atoms with Crippen molar-refractivity contribution in [3.8, 4) is 11.5 Å². The molecule has 1 saturated heterocycles. The van der Waals surface area contributed by atoms with Crippen LogP contribution in [-0.4, -0.2) is 45.4 Å². The van der Waals surface area contributed by atoms with Crippen molar-refractivity contribution in [3.63, 3.8) is 0 Å². The first-order valence-corrected chi connectivity index (χ1v) is 8.21. The van der Waals surface area contributed by atoms with Gasteiger partial charge in [-0.05, 0) is 37.4 Å². The van der Waals surface area contributed by atoms with Gasteiger partial charge in [-0.25, -0.2) is 0 Å². The fourth-order valence-electron chi connectivity index (χ4n) is 3.12. The number of methoxy groups -OCH3 is 3. The first-order chi connectivity index (χ1) is 10.7. The van der Waals surface area contributed by atoms with Crippen molar-refractivity contribution in [2.24, 2.45) is 0 Å². The number of ether oxygens (including phenoxy) is 3. The molecule has 1 fully saturated rings. The summed E-state index contributed by atoms with van der Waals surface area (Å²) >= 11 is 6.51. The highest BCUT2D eigenvalue weighted by molar-refractivity contribution is 6.33. The fraction of sp³-hybridized carbons (Fsp3) is 0.647. The molecule has 0 radical (unpaired) electrons. The molecule has 0 aromatic heterocycles. The van der Waals surface area contributed by atoms with Gasteiger partial charge in [0.15, 0.2) is 11.5 Å². The largest absolute Gasteiger partial charge is 0.493 e. The molecule has 0 aliphatic carbocycles. The second kappa shape index (κ2) is 8.61. The maximum Gasteiger partial charge on any atom is 0.179 e. The third-order valence-electron chi connectivity index (χ3n) is 4.34. The molecule has 1 aromatic rings. The monoisotopic (exact) mass is 327 g/mol. The van der Waals surface area contributed by atoms with Crippen LogP contribution in [0.15, 0.2) is 12.1 Å². The van der Waals surface area contributed by atoms with Crippen LogP contribution < -0.4 is 9.47 Å². The van der Waals surface area contributed by atoms with Crippen LogP contribution in [-0.2, 0) is 11.3 Å². The third-order valence-corrected chi connectivity index (χ3v) is 4.76. The Labute approximate surface area is 138 Å². The average molecular weight is 328 g/mol.